The van der Waals surface area contributed by atoms with Gasteiger partial charge in [0.05, 0.1) is 5.69 Å². The summed E-state index contributed by atoms with van der Waals surface area (Å²) >= 11 is 0. The van der Waals surface area contributed by atoms with E-state index in [4.69, 9.17) is 0 Å². The molecule has 0 aliphatic heterocycles. The van der Waals surface area contributed by atoms with Crippen LogP contribution in [0.25, 0.3) is 5.69 Å². The first-order chi connectivity index (χ1) is 8.13. The second-order valence-corrected chi connectivity index (χ2v) is 4.12. The van der Waals surface area contributed by atoms with Gasteiger partial charge in [0.15, 0.2) is 0 Å². The van der Waals surface area contributed by atoms with Crippen LogP contribution >= 0.6 is 0 Å². The lowest BCUT2D eigenvalue weighted by Gasteiger charge is -2.11. The number of para-hydroxylation sites is 1. The van der Waals surface area contributed by atoms with Crippen LogP contribution in [0.15, 0.2) is 24.3 Å². The molecule has 0 radical (unpaired) electrons. The van der Waals surface area contributed by atoms with E-state index in [1.54, 1.807) is 10.7 Å². The van der Waals surface area contributed by atoms with Gasteiger partial charge in [0.2, 0.25) is 0 Å². The molecule has 0 aliphatic rings. The maximum atomic E-state index is 14.0. The molecule has 2 aromatic rings. The van der Waals surface area contributed by atoms with Crippen LogP contribution in [0.3, 0.4) is 0 Å². The molecular weight excluding hydrogens is 217 g/mol. The molecule has 0 bridgehead atoms. The number of halogens is 1. The Balaban J connectivity index is 2.61. The maximum absolute atomic E-state index is 14.0. The third-order valence-corrected chi connectivity index (χ3v) is 2.66. The first kappa shape index (κ1) is 11.8. The Bertz CT molecular complexity index is 531. The number of hydrogen-bond acceptors (Lipinski definition) is 2. The molecule has 90 valence electrons. The van der Waals surface area contributed by atoms with Crippen molar-refractivity contribution in [1.29, 1.82) is 0 Å². The van der Waals surface area contributed by atoms with Crippen LogP contribution in [0.5, 0.6) is 0 Å². The van der Waals surface area contributed by atoms with Gasteiger partial charge in [-0.3, -0.25) is 0 Å². The van der Waals surface area contributed by atoms with Crippen molar-refractivity contribution < 1.29 is 4.39 Å². The second kappa shape index (κ2) is 4.67. The van der Waals surface area contributed by atoms with Crippen LogP contribution in [0.4, 0.5) is 4.39 Å². The van der Waals surface area contributed by atoms with Gasteiger partial charge in [-0.25, -0.2) is 9.07 Å². The van der Waals surface area contributed by atoms with E-state index in [2.05, 4.69) is 10.4 Å². The second-order valence-electron chi connectivity index (χ2n) is 4.12. The number of hydrogen-bond donors (Lipinski definition) is 1. The fourth-order valence-corrected chi connectivity index (χ4v) is 1.99. The van der Waals surface area contributed by atoms with Gasteiger partial charge >= 0.3 is 0 Å². The summed E-state index contributed by atoms with van der Waals surface area (Å²) in [6, 6.07) is 7.03. The Kier molecular flexibility index (Phi) is 3.24. The van der Waals surface area contributed by atoms with E-state index in [1.807, 2.05) is 33.0 Å². The smallest absolute Gasteiger partial charge is 0.149 e. The standard InChI is InChI=1S/C13H16FN3/c1-9-7-10(2)17(16-9)13-11(8-15-3)5-4-6-12(13)14/h4-7,15H,8H2,1-3H3. The zero-order chi connectivity index (χ0) is 12.4. The van der Waals surface area contributed by atoms with Gasteiger partial charge in [-0.2, -0.15) is 5.10 Å². The first-order valence-electron chi connectivity index (χ1n) is 5.59. The van der Waals surface area contributed by atoms with E-state index >= 15 is 0 Å². The minimum Gasteiger partial charge on any atom is -0.316 e. The van der Waals surface area contributed by atoms with E-state index in [0.29, 0.717) is 12.2 Å². The summed E-state index contributed by atoms with van der Waals surface area (Å²) in [6.07, 6.45) is 0. The van der Waals surface area contributed by atoms with Crippen molar-refractivity contribution in [1.82, 2.24) is 15.1 Å². The Morgan fingerprint density at radius 2 is 2.12 bits per heavy atom. The van der Waals surface area contributed by atoms with Crippen molar-refractivity contribution in [2.24, 2.45) is 0 Å². The molecule has 4 heteroatoms. The van der Waals surface area contributed by atoms with Crippen molar-refractivity contribution in [3.8, 4) is 5.69 Å². The predicted molar refractivity (Wildman–Crippen MR) is 65.8 cm³/mol. The summed E-state index contributed by atoms with van der Waals surface area (Å²) < 4.78 is 15.6. The molecule has 0 amide bonds. The van der Waals surface area contributed by atoms with E-state index in [1.165, 1.54) is 6.07 Å². The number of rotatable bonds is 3. The highest BCUT2D eigenvalue weighted by atomic mass is 19.1. The Labute approximate surface area is 100 Å². The molecule has 1 heterocycles. The largest absolute Gasteiger partial charge is 0.316 e. The fourth-order valence-electron chi connectivity index (χ4n) is 1.99. The average Bonchev–Trinajstić information content (AvgIpc) is 2.58. The average molecular weight is 233 g/mol. The molecule has 1 aromatic carbocycles. The highest BCUT2D eigenvalue weighted by molar-refractivity contribution is 5.43. The summed E-state index contributed by atoms with van der Waals surface area (Å²) in [7, 11) is 1.84. The van der Waals surface area contributed by atoms with Gasteiger partial charge in [0.1, 0.15) is 11.5 Å². The van der Waals surface area contributed by atoms with E-state index in [-0.39, 0.29) is 5.82 Å². The molecule has 0 atom stereocenters. The normalized spacial score (nSPS) is 10.8. The van der Waals surface area contributed by atoms with Gasteiger partial charge < -0.3 is 5.32 Å². The topological polar surface area (TPSA) is 29.9 Å². The lowest BCUT2D eigenvalue weighted by molar-refractivity contribution is 0.602. The zero-order valence-corrected chi connectivity index (χ0v) is 10.3. The number of benzene rings is 1. The van der Waals surface area contributed by atoms with Crippen molar-refractivity contribution in [2.75, 3.05) is 7.05 Å². The van der Waals surface area contributed by atoms with Gasteiger partial charge in [-0.05, 0) is 38.6 Å². The molecule has 0 saturated carbocycles. The number of nitrogens with zero attached hydrogens (tertiary/aromatic N) is 2. The maximum Gasteiger partial charge on any atom is 0.149 e. The Hall–Kier alpha value is -1.68. The number of aryl methyl sites for hydroxylation is 2. The highest BCUT2D eigenvalue weighted by Gasteiger charge is 2.13. The molecule has 3 nitrogen and oxygen atoms in total. The van der Waals surface area contributed by atoms with Crippen LogP contribution in [0, 0.1) is 19.7 Å². The molecule has 0 saturated heterocycles. The van der Waals surface area contributed by atoms with Gasteiger partial charge in [-0.15, -0.1) is 0 Å². The van der Waals surface area contributed by atoms with Crippen LogP contribution in [-0.4, -0.2) is 16.8 Å². The Morgan fingerprint density at radius 3 is 2.71 bits per heavy atom. The summed E-state index contributed by atoms with van der Waals surface area (Å²) in [4.78, 5) is 0. The van der Waals surface area contributed by atoms with Crippen molar-refractivity contribution in [3.63, 3.8) is 0 Å². The molecule has 17 heavy (non-hydrogen) atoms. The molecule has 0 fully saturated rings. The SMILES string of the molecule is CNCc1cccc(F)c1-n1nc(C)cc1C. The molecule has 0 unspecified atom stereocenters. The summed E-state index contributed by atoms with van der Waals surface area (Å²) in [5, 5.41) is 7.37. The van der Waals surface area contributed by atoms with Crippen molar-refractivity contribution in [3.05, 3.63) is 47.0 Å². The van der Waals surface area contributed by atoms with Crippen LogP contribution < -0.4 is 5.32 Å². The van der Waals surface area contributed by atoms with E-state index in [0.717, 1.165) is 17.0 Å². The third kappa shape index (κ3) is 2.22. The van der Waals surface area contributed by atoms with Gasteiger partial charge in [0.25, 0.3) is 0 Å². The molecular formula is C13H16FN3. The minimum atomic E-state index is -0.246. The van der Waals surface area contributed by atoms with Gasteiger partial charge in [0, 0.05) is 12.2 Å². The number of nitrogens with one attached hydrogen (secondary N) is 1. The van der Waals surface area contributed by atoms with Gasteiger partial charge in [-0.1, -0.05) is 12.1 Å². The Morgan fingerprint density at radius 1 is 1.35 bits per heavy atom. The van der Waals surface area contributed by atoms with Crippen LogP contribution in [0.2, 0.25) is 0 Å². The van der Waals surface area contributed by atoms with Crippen molar-refractivity contribution in [2.45, 2.75) is 20.4 Å². The molecule has 2 rings (SSSR count). The summed E-state index contributed by atoms with van der Waals surface area (Å²) in [5.74, 6) is -0.246. The third-order valence-electron chi connectivity index (χ3n) is 2.66. The summed E-state index contributed by atoms with van der Waals surface area (Å²) in [6.45, 7) is 4.45. The quantitative estimate of drug-likeness (QED) is 0.882. The molecule has 1 aromatic heterocycles. The minimum absolute atomic E-state index is 0.246. The predicted octanol–water partition coefficient (Wildman–Crippen LogP) is 2.35. The number of aromatic nitrogens is 2. The molecule has 1 N–H and O–H groups in total. The highest BCUT2D eigenvalue weighted by Crippen LogP contribution is 2.20. The lowest BCUT2D eigenvalue weighted by atomic mass is 10.1. The molecule has 0 spiro atoms. The first-order valence-corrected chi connectivity index (χ1v) is 5.59. The van der Waals surface area contributed by atoms with E-state index < -0.39 is 0 Å². The lowest BCUT2D eigenvalue weighted by Crippen LogP contribution is -2.12. The van der Waals surface area contributed by atoms with Crippen LogP contribution in [0.1, 0.15) is 17.0 Å². The van der Waals surface area contributed by atoms with Crippen LogP contribution in [-0.2, 0) is 6.54 Å². The van der Waals surface area contributed by atoms with E-state index in [9.17, 15) is 4.39 Å². The molecule has 0 aliphatic carbocycles. The fraction of sp³-hybridized carbons (Fsp3) is 0.308. The van der Waals surface area contributed by atoms with Crippen molar-refractivity contribution >= 4 is 0 Å². The zero-order valence-electron chi connectivity index (χ0n) is 10.3. The summed E-state index contributed by atoms with van der Waals surface area (Å²) in [5.41, 5.74) is 3.26. The monoisotopic (exact) mass is 233 g/mol.